The number of methoxy groups -OCH3 is 1. The number of nitrogens with one attached hydrogen (secondary N) is 1. The van der Waals surface area contributed by atoms with Crippen molar-refractivity contribution in [1.29, 1.82) is 0 Å². The highest BCUT2D eigenvalue weighted by Gasteiger charge is 2.29. The number of aromatic nitrogens is 2. The number of carbonyl (C=O) groups is 1. The monoisotopic (exact) mass is 522 g/mol. The lowest BCUT2D eigenvalue weighted by molar-refractivity contribution is 0.102. The minimum atomic E-state index is -0.715. The maximum Gasteiger partial charge on any atom is 0.274 e. The molecule has 0 bridgehead atoms. The summed E-state index contributed by atoms with van der Waals surface area (Å²) in [5, 5.41) is 13.4. The van der Waals surface area contributed by atoms with Gasteiger partial charge in [0.15, 0.2) is 0 Å². The van der Waals surface area contributed by atoms with Crippen molar-refractivity contribution < 1.29 is 23.8 Å². The second kappa shape index (κ2) is 12.8. The molecule has 8 nitrogen and oxygen atoms in total. The van der Waals surface area contributed by atoms with Crippen molar-refractivity contribution in [3.05, 3.63) is 65.9 Å². The smallest absolute Gasteiger partial charge is 0.274 e. The third-order valence-electron chi connectivity index (χ3n) is 6.92. The Morgan fingerprint density at radius 2 is 2.05 bits per heavy atom. The molecule has 4 N–H and O–H groups in total. The molecule has 4 rings (SSSR count). The fraction of sp³-hybridized carbons (Fsp3) is 0.414. The van der Waals surface area contributed by atoms with Crippen LogP contribution in [0.4, 0.5) is 10.1 Å². The van der Waals surface area contributed by atoms with Crippen LogP contribution in [0.1, 0.15) is 61.0 Å². The van der Waals surface area contributed by atoms with E-state index < -0.39 is 11.7 Å². The zero-order chi connectivity index (χ0) is 27.1. The van der Waals surface area contributed by atoms with Crippen molar-refractivity contribution in [1.82, 2.24) is 9.97 Å². The van der Waals surface area contributed by atoms with E-state index in [1.54, 1.807) is 24.5 Å². The first-order valence-corrected chi connectivity index (χ1v) is 13.0. The molecule has 1 saturated carbocycles. The minimum absolute atomic E-state index is 0.0840. The molecular weight excluding hydrogens is 487 g/mol. The Balaban J connectivity index is 1.54. The highest BCUT2D eigenvalue weighted by atomic mass is 19.1. The Morgan fingerprint density at radius 1 is 1.21 bits per heavy atom. The van der Waals surface area contributed by atoms with Gasteiger partial charge in [-0.1, -0.05) is 25.8 Å². The minimum Gasteiger partial charge on any atom is -0.507 e. The van der Waals surface area contributed by atoms with Crippen LogP contribution < -0.4 is 15.8 Å². The average Bonchev–Trinajstić information content (AvgIpc) is 2.89. The Kier molecular flexibility index (Phi) is 9.25. The Morgan fingerprint density at radius 3 is 2.82 bits per heavy atom. The second-order valence-corrected chi connectivity index (χ2v) is 9.78. The molecule has 3 atom stereocenters. The van der Waals surface area contributed by atoms with Gasteiger partial charge in [0.05, 0.1) is 29.7 Å². The van der Waals surface area contributed by atoms with Gasteiger partial charge in [-0.25, -0.2) is 9.37 Å². The van der Waals surface area contributed by atoms with Crippen LogP contribution in [0.25, 0.3) is 11.3 Å². The number of pyridine rings is 2. The maximum atomic E-state index is 14.9. The van der Waals surface area contributed by atoms with Gasteiger partial charge in [0, 0.05) is 31.5 Å². The van der Waals surface area contributed by atoms with Gasteiger partial charge >= 0.3 is 0 Å². The summed E-state index contributed by atoms with van der Waals surface area (Å²) in [6.45, 7) is 2.73. The Hall–Kier alpha value is -3.56. The first-order valence-electron chi connectivity index (χ1n) is 13.0. The fourth-order valence-electron chi connectivity index (χ4n) is 5.28. The molecule has 202 valence electrons. The normalized spacial score (nSPS) is 19.2. The Labute approximate surface area is 222 Å². The van der Waals surface area contributed by atoms with Gasteiger partial charge in [-0.3, -0.25) is 9.78 Å². The predicted molar refractivity (Wildman–Crippen MR) is 144 cm³/mol. The summed E-state index contributed by atoms with van der Waals surface area (Å²) in [4.78, 5) is 21.8. The van der Waals surface area contributed by atoms with E-state index in [9.17, 15) is 14.3 Å². The highest BCUT2D eigenvalue weighted by molar-refractivity contribution is 6.03. The number of aromatic hydroxyl groups is 1. The number of nitrogens with two attached hydrogens (primary N) is 1. The highest BCUT2D eigenvalue weighted by Crippen LogP contribution is 2.40. The number of hydrogen-bond acceptors (Lipinski definition) is 7. The van der Waals surface area contributed by atoms with E-state index in [0.717, 1.165) is 37.7 Å². The van der Waals surface area contributed by atoms with Crippen LogP contribution in [-0.2, 0) is 4.74 Å². The number of carbonyl (C=O) groups excluding carboxylic acids is 1. The zero-order valence-electron chi connectivity index (χ0n) is 21.8. The number of benzene rings is 1. The summed E-state index contributed by atoms with van der Waals surface area (Å²) >= 11 is 0. The van der Waals surface area contributed by atoms with Gasteiger partial charge in [-0.05, 0) is 54.9 Å². The molecular formula is C29H35FN4O4. The molecule has 1 aliphatic carbocycles. The molecule has 2 aromatic heterocycles. The number of rotatable bonds is 10. The van der Waals surface area contributed by atoms with E-state index in [0.29, 0.717) is 18.2 Å². The summed E-state index contributed by atoms with van der Waals surface area (Å²) in [6.07, 6.45) is 8.52. The number of amides is 1. The summed E-state index contributed by atoms with van der Waals surface area (Å²) in [5.74, 6) is -0.556. The van der Waals surface area contributed by atoms with E-state index in [1.807, 2.05) is 6.07 Å². The number of nitrogens with zero attached hydrogens (tertiary/aromatic N) is 2. The van der Waals surface area contributed by atoms with Crippen LogP contribution in [-0.4, -0.2) is 47.3 Å². The third kappa shape index (κ3) is 6.65. The molecule has 0 unspecified atom stereocenters. The topological polar surface area (TPSA) is 120 Å². The van der Waals surface area contributed by atoms with E-state index in [2.05, 4.69) is 22.2 Å². The van der Waals surface area contributed by atoms with E-state index in [1.165, 1.54) is 25.3 Å². The molecule has 1 aromatic carbocycles. The van der Waals surface area contributed by atoms with Gasteiger partial charge in [-0.15, -0.1) is 0 Å². The van der Waals surface area contributed by atoms with Crippen molar-refractivity contribution >= 4 is 11.6 Å². The third-order valence-corrected chi connectivity index (χ3v) is 6.92. The van der Waals surface area contributed by atoms with E-state index >= 15 is 0 Å². The summed E-state index contributed by atoms with van der Waals surface area (Å²) < 4.78 is 25.2. The summed E-state index contributed by atoms with van der Waals surface area (Å²) in [6, 6.07) is 9.22. The summed E-state index contributed by atoms with van der Waals surface area (Å²) in [5.41, 5.74) is 8.11. The summed E-state index contributed by atoms with van der Waals surface area (Å²) in [7, 11) is 1.53. The van der Waals surface area contributed by atoms with Crippen LogP contribution in [0.2, 0.25) is 0 Å². The fourth-order valence-corrected chi connectivity index (χ4v) is 5.28. The molecule has 3 aromatic rings. The molecule has 2 heterocycles. The lowest BCUT2D eigenvalue weighted by atomic mass is 9.74. The number of phenolic OH excluding ortho intramolecular Hbond substituents is 1. The quantitative estimate of drug-likeness (QED) is 0.310. The van der Waals surface area contributed by atoms with E-state index in [-0.39, 0.29) is 47.0 Å². The molecule has 0 aliphatic heterocycles. The van der Waals surface area contributed by atoms with Gasteiger partial charge in [0.1, 0.15) is 29.6 Å². The van der Waals surface area contributed by atoms with Crippen LogP contribution in [0.15, 0.2) is 48.8 Å². The predicted octanol–water partition coefficient (Wildman–Crippen LogP) is 5.28. The van der Waals surface area contributed by atoms with Gasteiger partial charge in [0.2, 0.25) is 0 Å². The van der Waals surface area contributed by atoms with Crippen molar-refractivity contribution in [3.8, 4) is 22.8 Å². The zero-order valence-corrected chi connectivity index (χ0v) is 21.8. The lowest BCUT2D eigenvalue weighted by Crippen LogP contribution is -2.32. The van der Waals surface area contributed by atoms with Crippen LogP contribution in [0.5, 0.6) is 11.5 Å². The lowest BCUT2D eigenvalue weighted by Gasteiger charge is -2.34. The Bertz CT molecular complexity index is 1230. The standard InChI is InChI=1S/C29H35FN4O4/c1-3-5-18-12-19(14-20(31)13-18)22-8-9-32-17-26(22)34-29(36)25-7-4-6-24(33-25)28-23(30)15-21(16-27(28)35)38-11-10-37-2/h4,6-9,15-20,35H,3,5,10-14,31H2,1-2H3,(H,34,36)/t18-,19+,20-/m0/s1. The first kappa shape index (κ1) is 27.5. The molecule has 1 aliphatic rings. The molecule has 38 heavy (non-hydrogen) atoms. The number of phenols is 1. The van der Waals surface area contributed by atoms with Crippen LogP contribution in [0.3, 0.4) is 0 Å². The first-order chi connectivity index (χ1) is 18.4. The molecule has 0 radical (unpaired) electrons. The maximum absolute atomic E-state index is 14.9. The van der Waals surface area contributed by atoms with Gasteiger partial charge in [0.25, 0.3) is 5.91 Å². The molecule has 1 fully saturated rings. The van der Waals surface area contributed by atoms with E-state index in [4.69, 9.17) is 15.2 Å². The molecule has 1 amide bonds. The van der Waals surface area contributed by atoms with Crippen molar-refractivity contribution in [3.63, 3.8) is 0 Å². The number of halogens is 1. The van der Waals surface area contributed by atoms with Crippen molar-refractivity contribution in [2.75, 3.05) is 25.6 Å². The molecule has 0 spiro atoms. The average molecular weight is 523 g/mol. The second-order valence-electron chi connectivity index (χ2n) is 9.78. The largest absolute Gasteiger partial charge is 0.507 e. The SMILES string of the molecule is CCC[C@@H]1C[C@H](N)C[C@H](c2ccncc2NC(=O)c2cccc(-c3c(O)cc(OCCOC)cc3F)n2)C1. The van der Waals surface area contributed by atoms with Crippen LogP contribution >= 0.6 is 0 Å². The number of ether oxygens (including phenoxy) is 2. The molecule has 0 saturated heterocycles. The van der Waals surface area contributed by atoms with Gasteiger partial charge in [-0.2, -0.15) is 0 Å². The van der Waals surface area contributed by atoms with Crippen molar-refractivity contribution in [2.45, 2.75) is 51.0 Å². The van der Waals surface area contributed by atoms with Crippen molar-refractivity contribution in [2.24, 2.45) is 11.7 Å². The number of anilines is 1. The molecule has 9 heteroatoms. The number of hydrogen-bond donors (Lipinski definition) is 3. The van der Waals surface area contributed by atoms with Crippen LogP contribution in [0, 0.1) is 11.7 Å². The van der Waals surface area contributed by atoms with Gasteiger partial charge < -0.3 is 25.6 Å².